The van der Waals surface area contributed by atoms with Crippen LogP contribution in [0, 0.1) is 6.92 Å². The molecule has 0 spiro atoms. The van der Waals surface area contributed by atoms with Gasteiger partial charge in [-0.25, -0.2) is 9.97 Å². The molecule has 6 heteroatoms. The number of nitrogens with zero attached hydrogens (tertiary/aromatic N) is 5. The lowest BCUT2D eigenvalue weighted by Gasteiger charge is -2.34. The number of hydrogen-bond acceptors (Lipinski definition) is 4. The third kappa shape index (κ3) is 2.68. The zero-order valence-electron chi connectivity index (χ0n) is 16.0. The van der Waals surface area contributed by atoms with E-state index < -0.39 is 0 Å². The summed E-state index contributed by atoms with van der Waals surface area (Å²) in [6.45, 7) is 6.49. The van der Waals surface area contributed by atoms with Gasteiger partial charge in [0.2, 0.25) is 0 Å². The van der Waals surface area contributed by atoms with E-state index in [0.717, 1.165) is 59.6 Å². The number of fused-ring (bicyclic) bond motifs is 2. The number of nitrogens with one attached hydrogen (secondary N) is 1. The van der Waals surface area contributed by atoms with E-state index in [2.05, 4.69) is 62.7 Å². The van der Waals surface area contributed by atoms with Gasteiger partial charge < -0.3 is 19.4 Å². The maximum absolute atomic E-state index is 4.92. The van der Waals surface area contributed by atoms with E-state index >= 15 is 0 Å². The van der Waals surface area contributed by atoms with Crippen molar-refractivity contribution in [3.63, 3.8) is 0 Å². The van der Waals surface area contributed by atoms with Crippen molar-refractivity contribution in [2.45, 2.75) is 6.92 Å². The molecule has 5 rings (SSSR count). The van der Waals surface area contributed by atoms with Gasteiger partial charge in [-0.05, 0) is 43.8 Å². The fraction of sp³-hybridized carbons (Fsp3) is 0.333. The molecule has 3 aromatic heterocycles. The van der Waals surface area contributed by atoms with Gasteiger partial charge in [-0.1, -0.05) is 0 Å². The fourth-order valence-corrected chi connectivity index (χ4v) is 4.05. The summed E-state index contributed by atoms with van der Waals surface area (Å²) < 4.78 is 2.06. The number of anilines is 1. The number of pyridine rings is 1. The minimum absolute atomic E-state index is 0.905. The lowest BCUT2D eigenvalue weighted by atomic mass is 10.1. The van der Waals surface area contributed by atoms with E-state index in [1.54, 1.807) is 0 Å². The molecule has 138 valence electrons. The predicted octanol–water partition coefficient (Wildman–Crippen LogP) is 3.18. The highest BCUT2D eigenvalue weighted by Gasteiger charge is 2.18. The Balaban J connectivity index is 1.60. The molecule has 1 N–H and O–H groups in total. The molecule has 0 amide bonds. The normalized spacial score (nSPS) is 15.9. The molecular formula is C21H24N6. The van der Waals surface area contributed by atoms with Crippen LogP contribution < -0.4 is 4.90 Å². The molecule has 0 unspecified atom stereocenters. The Bertz CT molecular complexity index is 1130. The molecule has 0 aliphatic carbocycles. The largest absolute Gasteiger partial charge is 0.369 e. The number of imidazole rings is 1. The average Bonchev–Trinajstić information content (AvgIpc) is 3.24. The second kappa shape index (κ2) is 6.09. The highest BCUT2D eigenvalue weighted by atomic mass is 15.2. The minimum Gasteiger partial charge on any atom is -0.369 e. The van der Waals surface area contributed by atoms with Crippen molar-refractivity contribution in [3.05, 3.63) is 42.2 Å². The van der Waals surface area contributed by atoms with Crippen LogP contribution in [0.25, 0.3) is 33.5 Å². The fourth-order valence-electron chi connectivity index (χ4n) is 4.05. The molecule has 1 fully saturated rings. The van der Waals surface area contributed by atoms with Gasteiger partial charge >= 0.3 is 0 Å². The number of rotatable bonds is 2. The van der Waals surface area contributed by atoms with E-state index in [0.29, 0.717) is 0 Å². The molecule has 1 aromatic carbocycles. The van der Waals surface area contributed by atoms with Crippen LogP contribution in [0.2, 0.25) is 0 Å². The molecular weight excluding hydrogens is 336 g/mol. The number of benzene rings is 1. The molecule has 0 radical (unpaired) electrons. The Morgan fingerprint density at radius 3 is 2.70 bits per heavy atom. The van der Waals surface area contributed by atoms with Gasteiger partial charge in [0.1, 0.15) is 11.5 Å². The van der Waals surface area contributed by atoms with E-state index in [4.69, 9.17) is 4.98 Å². The van der Waals surface area contributed by atoms with Gasteiger partial charge in [-0.3, -0.25) is 0 Å². The molecule has 4 heterocycles. The number of aryl methyl sites for hydroxylation is 2. The second-order valence-electron chi connectivity index (χ2n) is 7.56. The van der Waals surface area contributed by atoms with E-state index in [1.807, 2.05) is 19.3 Å². The number of hydrogen-bond donors (Lipinski definition) is 1. The summed E-state index contributed by atoms with van der Waals surface area (Å²) in [7, 11) is 4.21. The molecule has 0 bridgehead atoms. The van der Waals surface area contributed by atoms with Gasteiger partial charge in [-0.15, -0.1) is 0 Å². The topological polar surface area (TPSA) is 53.0 Å². The maximum atomic E-state index is 4.92. The standard InChI is InChI=1S/C21H24N6/c1-14-11-15(27-9-7-25(2)8-10-27)12-18-19(14)24-20(23-18)17-13-26(3)21-16(17)5-4-6-22-21/h4-6,11-13H,7-10H2,1-3H3,(H,23,24). The summed E-state index contributed by atoms with van der Waals surface area (Å²) in [5.41, 5.74) is 6.70. The molecule has 27 heavy (non-hydrogen) atoms. The Labute approximate surface area is 158 Å². The Morgan fingerprint density at radius 2 is 1.89 bits per heavy atom. The predicted molar refractivity (Wildman–Crippen MR) is 110 cm³/mol. The Morgan fingerprint density at radius 1 is 1.07 bits per heavy atom. The third-order valence-electron chi connectivity index (χ3n) is 5.62. The van der Waals surface area contributed by atoms with Crippen molar-refractivity contribution in [2.75, 3.05) is 38.1 Å². The minimum atomic E-state index is 0.905. The molecule has 1 saturated heterocycles. The van der Waals surface area contributed by atoms with E-state index in [9.17, 15) is 0 Å². The first-order valence-corrected chi connectivity index (χ1v) is 9.44. The van der Waals surface area contributed by atoms with Crippen molar-refractivity contribution in [1.82, 2.24) is 24.4 Å². The molecule has 1 aliphatic rings. The van der Waals surface area contributed by atoms with Gasteiger partial charge in [0.15, 0.2) is 0 Å². The van der Waals surface area contributed by atoms with Crippen LogP contribution in [0.3, 0.4) is 0 Å². The molecule has 0 saturated carbocycles. The van der Waals surface area contributed by atoms with E-state index in [-0.39, 0.29) is 0 Å². The number of likely N-dealkylation sites (N-methyl/N-ethyl adjacent to an activating group) is 1. The summed E-state index contributed by atoms with van der Waals surface area (Å²) in [4.78, 5) is 17.8. The quantitative estimate of drug-likeness (QED) is 0.597. The average molecular weight is 360 g/mol. The van der Waals surface area contributed by atoms with Gasteiger partial charge in [0, 0.05) is 62.3 Å². The monoisotopic (exact) mass is 360 g/mol. The first kappa shape index (κ1) is 16.3. The Kier molecular flexibility index (Phi) is 3.68. The zero-order valence-corrected chi connectivity index (χ0v) is 16.0. The highest BCUT2D eigenvalue weighted by molar-refractivity contribution is 5.95. The van der Waals surface area contributed by atoms with Crippen molar-refractivity contribution in [3.8, 4) is 11.4 Å². The smallest absolute Gasteiger partial charge is 0.140 e. The zero-order chi connectivity index (χ0) is 18.5. The Hall–Kier alpha value is -2.86. The third-order valence-corrected chi connectivity index (χ3v) is 5.62. The van der Waals surface area contributed by atoms with Crippen LogP contribution in [0.5, 0.6) is 0 Å². The summed E-state index contributed by atoms with van der Waals surface area (Å²) in [6, 6.07) is 8.59. The second-order valence-corrected chi connectivity index (χ2v) is 7.56. The summed E-state index contributed by atoms with van der Waals surface area (Å²) in [6.07, 6.45) is 3.93. The van der Waals surface area contributed by atoms with Crippen LogP contribution >= 0.6 is 0 Å². The number of H-pyrrole nitrogens is 1. The number of piperazine rings is 1. The molecule has 0 atom stereocenters. The molecule has 4 aromatic rings. The van der Waals surface area contributed by atoms with Crippen LogP contribution in [0.15, 0.2) is 36.7 Å². The lowest BCUT2D eigenvalue weighted by Crippen LogP contribution is -2.44. The number of aromatic amines is 1. The van der Waals surface area contributed by atoms with Crippen molar-refractivity contribution in [1.29, 1.82) is 0 Å². The SMILES string of the molecule is Cc1cc(N2CCN(C)CC2)cc2[nH]c(-c3cn(C)c4ncccc34)nc12. The first-order chi connectivity index (χ1) is 13.1. The van der Waals surface area contributed by atoms with Crippen LogP contribution in [0.1, 0.15) is 5.56 Å². The van der Waals surface area contributed by atoms with Crippen molar-refractivity contribution in [2.24, 2.45) is 7.05 Å². The summed E-state index contributed by atoms with van der Waals surface area (Å²) in [5, 5.41) is 1.12. The molecule has 1 aliphatic heterocycles. The van der Waals surface area contributed by atoms with Gasteiger partial charge in [0.25, 0.3) is 0 Å². The molecule has 6 nitrogen and oxygen atoms in total. The van der Waals surface area contributed by atoms with E-state index in [1.165, 1.54) is 11.3 Å². The van der Waals surface area contributed by atoms with Crippen molar-refractivity contribution >= 4 is 27.8 Å². The number of aromatic nitrogens is 4. The van der Waals surface area contributed by atoms with Gasteiger partial charge in [-0.2, -0.15) is 0 Å². The first-order valence-electron chi connectivity index (χ1n) is 9.44. The van der Waals surface area contributed by atoms with Crippen LogP contribution in [-0.4, -0.2) is 57.6 Å². The van der Waals surface area contributed by atoms with Crippen LogP contribution in [-0.2, 0) is 7.05 Å². The lowest BCUT2D eigenvalue weighted by molar-refractivity contribution is 0.313. The van der Waals surface area contributed by atoms with Crippen LogP contribution in [0.4, 0.5) is 5.69 Å². The summed E-state index contributed by atoms with van der Waals surface area (Å²) in [5.74, 6) is 0.905. The van der Waals surface area contributed by atoms with Crippen molar-refractivity contribution < 1.29 is 0 Å². The highest BCUT2D eigenvalue weighted by Crippen LogP contribution is 2.31. The summed E-state index contributed by atoms with van der Waals surface area (Å²) >= 11 is 0. The maximum Gasteiger partial charge on any atom is 0.140 e. The van der Waals surface area contributed by atoms with Gasteiger partial charge in [0.05, 0.1) is 11.0 Å².